The van der Waals surface area contributed by atoms with Crippen LogP contribution >= 0.6 is 0 Å². The van der Waals surface area contributed by atoms with Crippen LogP contribution in [0.25, 0.3) is 22.0 Å². The Labute approximate surface area is 118 Å². The maximum absolute atomic E-state index is 6.23. The highest BCUT2D eigenvalue weighted by atomic mass is 14.7. The second kappa shape index (κ2) is 4.34. The first-order valence-electron chi connectivity index (χ1n) is 7.07. The number of pyridine rings is 1. The molecule has 20 heavy (non-hydrogen) atoms. The standard InChI is InChI=1S/C18H16N2/c19-16-11-17(13-9-10-13)20-18-14(7-4-8-15(16)18)12-5-2-1-3-6-12/h1-8,11,13H,9-10H2,(H2,19,20). The van der Waals surface area contributed by atoms with Gasteiger partial charge in [0.15, 0.2) is 0 Å². The summed E-state index contributed by atoms with van der Waals surface area (Å²) < 4.78 is 0. The summed E-state index contributed by atoms with van der Waals surface area (Å²) in [5.74, 6) is 0.616. The summed E-state index contributed by atoms with van der Waals surface area (Å²) in [5.41, 5.74) is 11.6. The van der Waals surface area contributed by atoms with Gasteiger partial charge in [0.1, 0.15) is 0 Å². The number of para-hydroxylation sites is 1. The third-order valence-electron chi connectivity index (χ3n) is 3.97. The van der Waals surface area contributed by atoms with Crippen LogP contribution in [-0.4, -0.2) is 4.98 Å². The molecule has 0 amide bonds. The Morgan fingerprint density at radius 2 is 1.75 bits per heavy atom. The normalized spacial score (nSPS) is 14.6. The molecule has 0 aliphatic heterocycles. The van der Waals surface area contributed by atoms with E-state index in [1.54, 1.807) is 0 Å². The molecule has 0 saturated heterocycles. The van der Waals surface area contributed by atoms with Crippen LogP contribution in [0.2, 0.25) is 0 Å². The van der Waals surface area contributed by atoms with Crippen LogP contribution in [0.5, 0.6) is 0 Å². The van der Waals surface area contributed by atoms with Crippen molar-refractivity contribution in [1.29, 1.82) is 0 Å². The van der Waals surface area contributed by atoms with Crippen molar-refractivity contribution < 1.29 is 0 Å². The number of nitrogen functional groups attached to an aromatic ring is 1. The minimum absolute atomic E-state index is 0.616. The van der Waals surface area contributed by atoms with Gasteiger partial charge in [-0.25, -0.2) is 0 Å². The molecule has 2 aromatic carbocycles. The largest absolute Gasteiger partial charge is 0.398 e. The van der Waals surface area contributed by atoms with Crippen LogP contribution in [0.15, 0.2) is 54.6 Å². The van der Waals surface area contributed by atoms with Gasteiger partial charge in [0.05, 0.1) is 5.52 Å². The van der Waals surface area contributed by atoms with Crippen LogP contribution in [0.4, 0.5) is 5.69 Å². The highest BCUT2D eigenvalue weighted by Crippen LogP contribution is 2.41. The molecule has 1 aromatic heterocycles. The molecule has 0 unspecified atom stereocenters. The lowest BCUT2D eigenvalue weighted by atomic mass is 10.0. The molecule has 0 spiro atoms. The average molecular weight is 260 g/mol. The highest BCUT2D eigenvalue weighted by Gasteiger charge is 2.26. The number of aromatic nitrogens is 1. The van der Waals surface area contributed by atoms with Gasteiger partial charge in [-0.05, 0) is 24.5 Å². The third-order valence-corrected chi connectivity index (χ3v) is 3.97. The summed E-state index contributed by atoms with van der Waals surface area (Å²) in [7, 11) is 0. The summed E-state index contributed by atoms with van der Waals surface area (Å²) in [6, 6.07) is 18.7. The third kappa shape index (κ3) is 1.85. The Morgan fingerprint density at radius 1 is 0.950 bits per heavy atom. The molecule has 1 aliphatic rings. The zero-order chi connectivity index (χ0) is 13.5. The second-order valence-corrected chi connectivity index (χ2v) is 5.48. The van der Waals surface area contributed by atoms with Crippen LogP contribution in [0.1, 0.15) is 24.5 Å². The first-order valence-corrected chi connectivity index (χ1v) is 7.07. The van der Waals surface area contributed by atoms with Gasteiger partial charge in [-0.3, -0.25) is 4.98 Å². The topological polar surface area (TPSA) is 38.9 Å². The van der Waals surface area contributed by atoms with Crippen molar-refractivity contribution in [3.05, 3.63) is 60.3 Å². The summed E-state index contributed by atoms with van der Waals surface area (Å²) in [4.78, 5) is 4.89. The Balaban J connectivity index is 2.01. The predicted molar refractivity (Wildman–Crippen MR) is 83.6 cm³/mol. The molecule has 1 aliphatic carbocycles. The molecular formula is C18H16N2. The minimum atomic E-state index is 0.616. The molecule has 1 fully saturated rings. The lowest BCUT2D eigenvalue weighted by molar-refractivity contribution is 1.05. The van der Waals surface area contributed by atoms with E-state index in [1.807, 2.05) is 6.07 Å². The molecule has 1 saturated carbocycles. The molecule has 0 bridgehead atoms. The van der Waals surface area contributed by atoms with E-state index in [0.29, 0.717) is 5.92 Å². The molecule has 2 nitrogen and oxygen atoms in total. The number of rotatable bonds is 2. The van der Waals surface area contributed by atoms with Gasteiger partial charge in [-0.1, -0.05) is 48.5 Å². The van der Waals surface area contributed by atoms with E-state index < -0.39 is 0 Å². The van der Waals surface area contributed by atoms with E-state index in [2.05, 4.69) is 48.5 Å². The van der Waals surface area contributed by atoms with Gasteiger partial charge in [0.2, 0.25) is 0 Å². The van der Waals surface area contributed by atoms with E-state index in [1.165, 1.54) is 18.4 Å². The lowest BCUT2D eigenvalue weighted by Crippen LogP contribution is -1.96. The minimum Gasteiger partial charge on any atom is -0.398 e. The molecule has 98 valence electrons. The zero-order valence-corrected chi connectivity index (χ0v) is 11.2. The molecule has 2 N–H and O–H groups in total. The first kappa shape index (κ1) is 11.5. The van der Waals surface area contributed by atoms with Gasteiger partial charge in [0.25, 0.3) is 0 Å². The number of fused-ring (bicyclic) bond motifs is 1. The zero-order valence-electron chi connectivity index (χ0n) is 11.2. The monoisotopic (exact) mass is 260 g/mol. The summed E-state index contributed by atoms with van der Waals surface area (Å²) >= 11 is 0. The Hall–Kier alpha value is -2.35. The Morgan fingerprint density at radius 3 is 2.50 bits per heavy atom. The Bertz CT molecular complexity index is 774. The fourth-order valence-electron chi connectivity index (χ4n) is 2.73. The molecule has 2 heteroatoms. The maximum atomic E-state index is 6.23. The van der Waals surface area contributed by atoms with Crippen LogP contribution < -0.4 is 5.73 Å². The van der Waals surface area contributed by atoms with E-state index in [9.17, 15) is 0 Å². The predicted octanol–water partition coefficient (Wildman–Crippen LogP) is 4.36. The molecule has 0 radical (unpaired) electrons. The fraction of sp³-hybridized carbons (Fsp3) is 0.167. The maximum Gasteiger partial charge on any atom is 0.0804 e. The summed E-state index contributed by atoms with van der Waals surface area (Å²) in [5, 5.41) is 1.05. The number of hydrogen-bond acceptors (Lipinski definition) is 2. The summed E-state index contributed by atoms with van der Waals surface area (Å²) in [6.07, 6.45) is 2.48. The molecule has 4 rings (SSSR count). The smallest absolute Gasteiger partial charge is 0.0804 e. The van der Waals surface area contributed by atoms with Crippen LogP contribution in [-0.2, 0) is 0 Å². The van der Waals surface area contributed by atoms with Crippen LogP contribution in [0, 0.1) is 0 Å². The molecule has 3 aromatic rings. The molecule has 0 atom stereocenters. The van der Waals surface area contributed by atoms with E-state index >= 15 is 0 Å². The van der Waals surface area contributed by atoms with Crippen molar-refractivity contribution in [2.24, 2.45) is 0 Å². The first-order chi connectivity index (χ1) is 9.83. The molecular weight excluding hydrogens is 244 g/mol. The van der Waals surface area contributed by atoms with Gasteiger partial charge < -0.3 is 5.73 Å². The quantitative estimate of drug-likeness (QED) is 0.743. The number of anilines is 1. The van der Waals surface area contributed by atoms with Crippen molar-refractivity contribution in [1.82, 2.24) is 4.98 Å². The lowest BCUT2D eigenvalue weighted by Gasteiger charge is -2.10. The SMILES string of the molecule is Nc1cc(C2CC2)nc2c(-c3ccccc3)cccc12. The van der Waals surface area contributed by atoms with Crippen LogP contribution in [0.3, 0.4) is 0 Å². The van der Waals surface area contributed by atoms with E-state index in [-0.39, 0.29) is 0 Å². The van der Waals surface area contributed by atoms with E-state index in [0.717, 1.165) is 27.8 Å². The Kier molecular flexibility index (Phi) is 2.49. The number of benzene rings is 2. The van der Waals surface area contributed by atoms with Gasteiger partial charge in [-0.15, -0.1) is 0 Å². The molecule has 1 heterocycles. The van der Waals surface area contributed by atoms with Gasteiger partial charge in [0, 0.05) is 28.2 Å². The number of nitrogens with two attached hydrogens (primary N) is 1. The van der Waals surface area contributed by atoms with Crippen molar-refractivity contribution in [2.45, 2.75) is 18.8 Å². The summed E-state index contributed by atoms with van der Waals surface area (Å²) in [6.45, 7) is 0. The van der Waals surface area contributed by atoms with Crippen molar-refractivity contribution in [3.63, 3.8) is 0 Å². The highest BCUT2D eigenvalue weighted by molar-refractivity contribution is 5.99. The van der Waals surface area contributed by atoms with E-state index in [4.69, 9.17) is 10.7 Å². The fourth-order valence-corrected chi connectivity index (χ4v) is 2.73. The van der Waals surface area contributed by atoms with Gasteiger partial charge in [-0.2, -0.15) is 0 Å². The van der Waals surface area contributed by atoms with Gasteiger partial charge >= 0.3 is 0 Å². The number of nitrogens with zero attached hydrogens (tertiary/aromatic N) is 1. The average Bonchev–Trinajstić information content (AvgIpc) is 3.32. The van der Waals surface area contributed by atoms with Crippen molar-refractivity contribution >= 4 is 16.6 Å². The van der Waals surface area contributed by atoms with Crippen molar-refractivity contribution in [3.8, 4) is 11.1 Å². The van der Waals surface area contributed by atoms with Crippen molar-refractivity contribution in [2.75, 3.05) is 5.73 Å². The number of hydrogen-bond donors (Lipinski definition) is 1. The second-order valence-electron chi connectivity index (χ2n) is 5.48.